The predicted octanol–water partition coefficient (Wildman–Crippen LogP) is 0.346. The zero-order valence-corrected chi connectivity index (χ0v) is 9.32. The van der Waals surface area contributed by atoms with Gasteiger partial charge in [-0.15, -0.1) is 0 Å². The first-order chi connectivity index (χ1) is 6.43. The Bertz CT molecular complexity index is 247. The molecule has 0 aromatic rings. The Labute approximate surface area is 89.2 Å². The van der Waals surface area contributed by atoms with Crippen LogP contribution in [0.4, 0.5) is 0 Å². The van der Waals surface area contributed by atoms with Crippen LogP contribution in [0.3, 0.4) is 0 Å². The highest BCUT2D eigenvalue weighted by Crippen LogP contribution is 2.13. The summed E-state index contributed by atoms with van der Waals surface area (Å²) < 4.78 is 5.24. The molecule has 5 heteroatoms. The van der Waals surface area contributed by atoms with Gasteiger partial charge in [0.05, 0.1) is 10.5 Å². The SMILES string of the molecule is CC(C)(NC(=O)C1CCCO1)C(N)=S. The lowest BCUT2D eigenvalue weighted by Crippen LogP contribution is -2.54. The van der Waals surface area contributed by atoms with Gasteiger partial charge in [0.2, 0.25) is 5.91 Å². The summed E-state index contributed by atoms with van der Waals surface area (Å²) in [7, 11) is 0. The quantitative estimate of drug-likeness (QED) is 0.668. The van der Waals surface area contributed by atoms with Crippen molar-refractivity contribution >= 4 is 23.1 Å². The highest BCUT2D eigenvalue weighted by atomic mass is 32.1. The Morgan fingerprint density at radius 2 is 2.29 bits per heavy atom. The van der Waals surface area contributed by atoms with Crippen LogP contribution in [0.25, 0.3) is 0 Å². The molecular formula is C9H16N2O2S. The van der Waals surface area contributed by atoms with Gasteiger partial charge in [-0.1, -0.05) is 12.2 Å². The maximum atomic E-state index is 11.6. The van der Waals surface area contributed by atoms with Crippen molar-refractivity contribution in [3.63, 3.8) is 0 Å². The molecule has 0 spiro atoms. The minimum Gasteiger partial charge on any atom is -0.391 e. The van der Waals surface area contributed by atoms with Crippen molar-refractivity contribution in [2.75, 3.05) is 6.61 Å². The molecule has 1 saturated heterocycles. The molecule has 14 heavy (non-hydrogen) atoms. The molecule has 1 fully saturated rings. The van der Waals surface area contributed by atoms with E-state index in [9.17, 15) is 4.79 Å². The summed E-state index contributed by atoms with van der Waals surface area (Å²) in [4.78, 5) is 11.9. The summed E-state index contributed by atoms with van der Waals surface area (Å²) in [6.07, 6.45) is 1.38. The minimum atomic E-state index is -0.641. The monoisotopic (exact) mass is 216 g/mol. The van der Waals surface area contributed by atoms with Crippen molar-refractivity contribution in [2.24, 2.45) is 5.73 Å². The van der Waals surface area contributed by atoms with Crippen molar-refractivity contribution < 1.29 is 9.53 Å². The van der Waals surface area contributed by atoms with E-state index in [4.69, 9.17) is 22.7 Å². The van der Waals surface area contributed by atoms with E-state index in [1.807, 2.05) is 0 Å². The number of nitrogens with one attached hydrogen (secondary N) is 1. The summed E-state index contributed by atoms with van der Waals surface area (Å²) in [5, 5.41) is 2.77. The van der Waals surface area contributed by atoms with Gasteiger partial charge >= 0.3 is 0 Å². The van der Waals surface area contributed by atoms with Gasteiger partial charge in [0, 0.05) is 6.61 Å². The van der Waals surface area contributed by atoms with Crippen molar-refractivity contribution in [1.29, 1.82) is 0 Å². The van der Waals surface area contributed by atoms with E-state index in [2.05, 4.69) is 5.32 Å². The van der Waals surface area contributed by atoms with E-state index in [1.165, 1.54) is 0 Å². The van der Waals surface area contributed by atoms with Gasteiger partial charge in [-0.25, -0.2) is 0 Å². The standard InChI is InChI=1S/C9H16N2O2S/c1-9(2,8(10)14)11-7(12)6-4-3-5-13-6/h6H,3-5H2,1-2H3,(H2,10,14)(H,11,12). The number of carbonyl (C=O) groups is 1. The molecule has 4 nitrogen and oxygen atoms in total. The predicted molar refractivity (Wildman–Crippen MR) is 58.0 cm³/mol. The van der Waals surface area contributed by atoms with Crippen molar-refractivity contribution in [1.82, 2.24) is 5.32 Å². The maximum absolute atomic E-state index is 11.6. The van der Waals surface area contributed by atoms with Crippen LogP contribution in [-0.2, 0) is 9.53 Å². The van der Waals surface area contributed by atoms with Crippen LogP contribution in [0.1, 0.15) is 26.7 Å². The summed E-state index contributed by atoms with van der Waals surface area (Å²) >= 11 is 4.85. The van der Waals surface area contributed by atoms with E-state index in [1.54, 1.807) is 13.8 Å². The third-order valence-electron chi connectivity index (χ3n) is 2.27. The van der Waals surface area contributed by atoms with Gasteiger partial charge in [0.1, 0.15) is 6.10 Å². The molecule has 0 radical (unpaired) electrons. The molecule has 80 valence electrons. The molecule has 0 aromatic heterocycles. The van der Waals surface area contributed by atoms with E-state index >= 15 is 0 Å². The fourth-order valence-corrected chi connectivity index (χ4v) is 1.29. The molecule has 1 aliphatic heterocycles. The molecule has 3 N–H and O–H groups in total. The number of rotatable bonds is 3. The normalized spacial score (nSPS) is 22.0. The van der Waals surface area contributed by atoms with E-state index in [0.717, 1.165) is 12.8 Å². The van der Waals surface area contributed by atoms with Gasteiger partial charge in [-0.05, 0) is 26.7 Å². The minimum absolute atomic E-state index is 0.125. The lowest BCUT2D eigenvalue weighted by atomic mass is 10.1. The molecule has 1 rings (SSSR count). The third-order valence-corrected chi connectivity index (χ3v) is 2.78. The lowest BCUT2D eigenvalue weighted by Gasteiger charge is -2.26. The van der Waals surface area contributed by atoms with Gasteiger partial charge in [0.15, 0.2) is 0 Å². The van der Waals surface area contributed by atoms with Crippen LogP contribution in [0.2, 0.25) is 0 Å². The van der Waals surface area contributed by atoms with Gasteiger partial charge in [-0.3, -0.25) is 4.79 Å². The average molecular weight is 216 g/mol. The second-order valence-electron chi connectivity index (χ2n) is 3.98. The number of carbonyl (C=O) groups excluding carboxylic acids is 1. The van der Waals surface area contributed by atoms with E-state index in [0.29, 0.717) is 6.61 Å². The summed E-state index contributed by atoms with van der Waals surface area (Å²) in [6, 6.07) is 0. The molecule has 1 heterocycles. The molecule has 1 amide bonds. The number of thiocarbonyl (C=S) groups is 1. The zero-order valence-electron chi connectivity index (χ0n) is 8.50. The molecule has 0 bridgehead atoms. The van der Waals surface area contributed by atoms with Crippen LogP contribution < -0.4 is 11.1 Å². The molecule has 0 saturated carbocycles. The largest absolute Gasteiger partial charge is 0.391 e. The van der Waals surface area contributed by atoms with Crippen LogP contribution >= 0.6 is 12.2 Å². The Morgan fingerprint density at radius 3 is 2.71 bits per heavy atom. The van der Waals surface area contributed by atoms with E-state index < -0.39 is 5.54 Å². The Balaban J connectivity index is 2.51. The lowest BCUT2D eigenvalue weighted by molar-refractivity contribution is -0.131. The van der Waals surface area contributed by atoms with Crippen molar-refractivity contribution in [3.05, 3.63) is 0 Å². The smallest absolute Gasteiger partial charge is 0.249 e. The second kappa shape index (κ2) is 4.23. The van der Waals surface area contributed by atoms with Crippen LogP contribution in [-0.4, -0.2) is 29.1 Å². The fraction of sp³-hybridized carbons (Fsp3) is 0.778. The first kappa shape index (κ1) is 11.4. The van der Waals surface area contributed by atoms with Crippen molar-refractivity contribution in [2.45, 2.75) is 38.3 Å². The van der Waals surface area contributed by atoms with E-state index in [-0.39, 0.29) is 17.0 Å². The van der Waals surface area contributed by atoms with Crippen molar-refractivity contribution in [3.8, 4) is 0 Å². The van der Waals surface area contributed by atoms with Gasteiger partial charge < -0.3 is 15.8 Å². The number of nitrogens with two attached hydrogens (primary N) is 1. The first-order valence-electron chi connectivity index (χ1n) is 4.67. The fourth-order valence-electron chi connectivity index (χ4n) is 1.23. The molecule has 0 aromatic carbocycles. The Hall–Kier alpha value is -0.680. The van der Waals surface area contributed by atoms with Gasteiger partial charge in [-0.2, -0.15) is 0 Å². The maximum Gasteiger partial charge on any atom is 0.249 e. The van der Waals surface area contributed by atoms with Gasteiger partial charge in [0.25, 0.3) is 0 Å². The zero-order chi connectivity index (χ0) is 10.8. The topological polar surface area (TPSA) is 64.3 Å². The second-order valence-corrected chi connectivity index (χ2v) is 4.42. The number of hydrogen-bond donors (Lipinski definition) is 2. The van der Waals surface area contributed by atoms with Crippen LogP contribution in [0.5, 0.6) is 0 Å². The molecule has 0 aliphatic carbocycles. The number of amides is 1. The highest BCUT2D eigenvalue weighted by molar-refractivity contribution is 7.80. The molecule has 1 atom stereocenters. The molecule has 1 aliphatic rings. The average Bonchev–Trinajstić information content (AvgIpc) is 2.54. The number of hydrogen-bond acceptors (Lipinski definition) is 3. The molecule has 1 unspecified atom stereocenters. The number of ether oxygens (including phenoxy) is 1. The summed E-state index contributed by atoms with van der Waals surface area (Å²) in [5.41, 5.74) is 4.85. The van der Waals surface area contributed by atoms with Crippen LogP contribution in [0.15, 0.2) is 0 Å². The first-order valence-corrected chi connectivity index (χ1v) is 5.08. The highest BCUT2D eigenvalue weighted by Gasteiger charge is 2.30. The Morgan fingerprint density at radius 1 is 1.64 bits per heavy atom. The molecular weight excluding hydrogens is 200 g/mol. The Kier molecular flexibility index (Phi) is 3.44. The third kappa shape index (κ3) is 2.65. The summed E-state index contributed by atoms with van der Waals surface area (Å²) in [5.74, 6) is -0.125. The summed E-state index contributed by atoms with van der Waals surface area (Å²) in [6.45, 7) is 4.22. The van der Waals surface area contributed by atoms with Crippen LogP contribution in [0, 0.1) is 0 Å².